The number of benzene rings is 4. The van der Waals surface area contributed by atoms with Crippen LogP contribution in [0.15, 0.2) is 78.9 Å². The summed E-state index contributed by atoms with van der Waals surface area (Å²) in [4.78, 5) is 0. The molecule has 4 rings (SSSR count). The van der Waals surface area contributed by atoms with E-state index in [0.717, 1.165) is 27.8 Å². The first-order chi connectivity index (χ1) is 13.7. The minimum atomic E-state index is 0.163. The second-order valence-corrected chi connectivity index (χ2v) is 6.33. The smallest absolute Gasteiger partial charge is 0.139 e. The van der Waals surface area contributed by atoms with Crippen molar-refractivity contribution < 1.29 is 19.3 Å². The van der Waals surface area contributed by atoms with Crippen LogP contribution < -0.4 is 14.2 Å². The Morgan fingerprint density at radius 1 is 0.679 bits per heavy atom. The molecule has 0 aliphatic rings. The van der Waals surface area contributed by atoms with Crippen LogP contribution in [0.3, 0.4) is 0 Å². The number of aromatic hydroxyl groups is 1. The Kier molecular flexibility index (Phi) is 4.77. The lowest BCUT2D eigenvalue weighted by Crippen LogP contribution is -1.92. The highest BCUT2D eigenvalue weighted by Crippen LogP contribution is 2.45. The van der Waals surface area contributed by atoms with Crippen LogP contribution in [0, 0.1) is 0 Å². The van der Waals surface area contributed by atoms with Crippen molar-refractivity contribution in [1.82, 2.24) is 0 Å². The Morgan fingerprint density at radius 2 is 1.36 bits per heavy atom. The van der Waals surface area contributed by atoms with E-state index in [9.17, 15) is 5.11 Å². The molecule has 0 saturated heterocycles. The van der Waals surface area contributed by atoms with Crippen LogP contribution in [0.25, 0.3) is 21.9 Å². The Hall–Kier alpha value is -3.66. The molecule has 4 heteroatoms. The number of fused-ring (bicyclic) bond motifs is 1. The van der Waals surface area contributed by atoms with Gasteiger partial charge in [-0.3, -0.25) is 0 Å². The number of rotatable bonds is 5. The third-order valence-corrected chi connectivity index (χ3v) is 4.63. The first-order valence-corrected chi connectivity index (χ1v) is 8.90. The molecule has 0 atom stereocenters. The lowest BCUT2D eigenvalue weighted by molar-refractivity contribution is 0.414. The molecule has 0 amide bonds. The molecule has 4 aromatic rings. The lowest BCUT2D eigenvalue weighted by atomic mass is 9.98. The molecular formula is C24H20O4. The van der Waals surface area contributed by atoms with Crippen LogP contribution in [0.5, 0.6) is 28.7 Å². The molecule has 0 fully saturated rings. The SMILES string of the molecule is COc1ccc(-c2c(Oc3ccccc3)cc3cc(OC)ccc3c2O)cc1. The normalized spacial score (nSPS) is 10.6. The Morgan fingerprint density at radius 3 is 2.04 bits per heavy atom. The highest BCUT2D eigenvalue weighted by molar-refractivity contribution is 5.98. The molecule has 1 N–H and O–H groups in total. The van der Waals surface area contributed by atoms with E-state index in [-0.39, 0.29) is 5.75 Å². The molecule has 0 heterocycles. The number of hydrogen-bond donors (Lipinski definition) is 1. The molecule has 28 heavy (non-hydrogen) atoms. The highest BCUT2D eigenvalue weighted by Gasteiger charge is 2.17. The first kappa shape index (κ1) is 17.7. The van der Waals surface area contributed by atoms with Crippen molar-refractivity contribution in [3.8, 4) is 39.9 Å². The maximum Gasteiger partial charge on any atom is 0.139 e. The van der Waals surface area contributed by atoms with E-state index >= 15 is 0 Å². The maximum atomic E-state index is 11.1. The monoisotopic (exact) mass is 372 g/mol. The standard InChI is InChI=1S/C24H20O4/c1-26-18-10-8-16(9-11-18)23-22(28-19-6-4-3-5-7-19)15-17-14-20(27-2)12-13-21(17)24(23)25/h3-15,25H,1-2H3. The number of ether oxygens (including phenoxy) is 3. The fraction of sp³-hybridized carbons (Fsp3) is 0.0833. The molecule has 0 aromatic heterocycles. The van der Waals surface area contributed by atoms with Gasteiger partial charge >= 0.3 is 0 Å². The molecule has 0 aliphatic heterocycles. The predicted octanol–water partition coefficient (Wildman–Crippen LogP) is 6.02. The van der Waals surface area contributed by atoms with Crippen molar-refractivity contribution >= 4 is 10.8 Å². The van der Waals surface area contributed by atoms with Crippen LogP contribution >= 0.6 is 0 Å². The van der Waals surface area contributed by atoms with E-state index in [2.05, 4.69) is 0 Å². The van der Waals surface area contributed by atoms with Crippen molar-refractivity contribution in [2.75, 3.05) is 14.2 Å². The van der Waals surface area contributed by atoms with Crippen LogP contribution in [0.1, 0.15) is 0 Å². The zero-order valence-corrected chi connectivity index (χ0v) is 15.7. The largest absolute Gasteiger partial charge is 0.507 e. The van der Waals surface area contributed by atoms with Crippen LogP contribution in [-0.2, 0) is 0 Å². The predicted molar refractivity (Wildman–Crippen MR) is 111 cm³/mol. The topological polar surface area (TPSA) is 47.9 Å². The number of hydrogen-bond acceptors (Lipinski definition) is 4. The van der Waals surface area contributed by atoms with Gasteiger partial charge in [0.1, 0.15) is 28.7 Å². The van der Waals surface area contributed by atoms with E-state index in [4.69, 9.17) is 14.2 Å². The number of para-hydroxylation sites is 1. The van der Waals surface area contributed by atoms with Crippen LogP contribution in [0.2, 0.25) is 0 Å². The summed E-state index contributed by atoms with van der Waals surface area (Å²) < 4.78 is 16.7. The Bertz CT molecular complexity index is 1100. The van der Waals surface area contributed by atoms with Gasteiger partial charge in [-0.15, -0.1) is 0 Å². The van der Waals surface area contributed by atoms with E-state index in [1.165, 1.54) is 0 Å². The molecule has 4 nitrogen and oxygen atoms in total. The van der Waals surface area contributed by atoms with Gasteiger partial charge in [0.25, 0.3) is 0 Å². The van der Waals surface area contributed by atoms with E-state index in [1.807, 2.05) is 78.9 Å². The number of methoxy groups -OCH3 is 2. The fourth-order valence-corrected chi connectivity index (χ4v) is 3.20. The molecule has 0 bridgehead atoms. The molecule has 140 valence electrons. The second-order valence-electron chi connectivity index (χ2n) is 6.33. The van der Waals surface area contributed by atoms with Gasteiger partial charge in [-0.1, -0.05) is 30.3 Å². The maximum absolute atomic E-state index is 11.1. The van der Waals surface area contributed by atoms with Gasteiger partial charge < -0.3 is 19.3 Å². The van der Waals surface area contributed by atoms with Crippen LogP contribution in [-0.4, -0.2) is 19.3 Å². The molecule has 0 spiro atoms. The Labute approximate surface area is 163 Å². The highest BCUT2D eigenvalue weighted by atomic mass is 16.5. The summed E-state index contributed by atoms with van der Waals surface area (Å²) in [6.45, 7) is 0. The van der Waals surface area contributed by atoms with Crippen molar-refractivity contribution in [2.24, 2.45) is 0 Å². The summed E-state index contributed by atoms with van der Waals surface area (Å²) in [6, 6.07) is 24.5. The molecular weight excluding hydrogens is 352 g/mol. The van der Waals surface area contributed by atoms with Gasteiger partial charge in [0.15, 0.2) is 0 Å². The number of phenols is 1. The molecule has 0 aliphatic carbocycles. The zero-order chi connectivity index (χ0) is 19.5. The van der Waals surface area contributed by atoms with Crippen molar-refractivity contribution in [1.29, 1.82) is 0 Å². The third kappa shape index (κ3) is 3.32. The van der Waals surface area contributed by atoms with Crippen molar-refractivity contribution in [3.63, 3.8) is 0 Å². The quantitative estimate of drug-likeness (QED) is 0.465. The summed E-state index contributed by atoms with van der Waals surface area (Å²) in [7, 11) is 3.24. The van der Waals surface area contributed by atoms with Crippen LogP contribution in [0.4, 0.5) is 0 Å². The van der Waals surface area contributed by atoms with E-state index < -0.39 is 0 Å². The number of phenolic OH excluding ortho intramolecular Hbond substituents is 1. The second kappa shape index (κ2) is 7.53. The lowest BCUT2D eigenvalue weighted by Gasteiger charge is -2.16. The van der Waals surface area contributed by atoms with Gasteiger partial charge in [-0.2, -0.15) is 0 Å². The molecule has 0 radical (unpaired) electrons. The van der Waals surface area contributed by atoms with Gasteiger partial charge in [0.05, 0.1) is 19.8 Å². The first-order valence-electron chi connectivity index (χ1n) is 8.90. The van der Waals surface area contributed by atoms with Gasteiger partial charge in [-0.05, 0) is 59.5 Å². The average Bonchev–Trinajstić information content (AvgIpc) is 2.74. The van der Waals surface area contributed by atoms with Gasteiger partial charge in [0, 0.05) is 5.39 Å². The van der Waals surface area contributed by atoms with Gasteiger partial charge in [0.2, 0.25) is 0 Å². The molecule has 0 saturated carbocycles. The summed E-state index contributed by atoms with van der Waals surface area (Å²) in [6.07, 6.45) is 0. The minimum absolute atomic E-state index is 0.163. The Balaban J connectivity index is 1.93. The van der Waals surface area contributed by atoms with Crippen molar-refractivity contribution in [2.45, 2.75) is 0 Å². The third-order valence-electron chi connectivity index (χ3n) is 4.63. The van der Waals surface area contributed by atoms with Gasteiger partial charge in [-0.25, -0.2) is 0 Å². The average molecular weight is 372 g/mol. The van der Waals surface area contributed by atoms with Crippen molar-refractivity contribution in [3.05, 3.63) is 78.9 Å². The summed E-state index contributed by atoms with van der Waals surface area (Å²) in [5, 5.41) is 12.7. The fourth-order valence-electron chi connectivity index (χ4n) is 3.20. The van der Waals surface area contributed by atoms with E-state index in [0.29, 0.717) is 17.1 Å². The molecule has 0 unspecified atom stereocenters. The van der Waals surface area contributed by atoms with E-state index in [1.54, 1.807) is 14.2 Å². The molecule has 4 aromatic carbocycles. The zero-order valence-electron chi connectivity index (χ0n) is 15.7. The summed E-state index contributed by atoms with van der Waals surface area (Å²) in [5.41, 5.74) is 1.46. The summed E-state index contributed by atoms with van der Waals surface area (Å²) in [5.74, 6) is 2.89. The minimum Gasteiger partial charge on any atom is -0.507 e. The summed E-state index contributed by atoms with van der Waals surface area (Å²) >= 11 is 0.